The minimum absolute atomic E-state index is 0.330. The first-order valence-electron chi connectivity index (χ1n) is 10.5. The molecule has 2 nitrogen and oxygen atoms in total. The van der Waals surface area contributed by atoms with Crippen molar-refractivity contribution in [3.8, 4) is 0 Å². The molecule has 0 N–H and O–H groups in total. The summed E-state index contributed by atoms with van der Waals surface area (Å²) in [5.41, 5.74) is 3.00. The third-order valence-electron chi connectivity index (χ3n) is 6.42. The lowest BCUT2D eigenvalue weighted by Crippen LogP contribution is -2.36. The van der Waals surface area contributed by atoms with Gasteiger partial charge in [-0.05, 0) is 67.9 Å². The Morgan fingerprint density at radius 1 is 0.920 bits per heavy atom. The van der Waals surface area contributed by atoms with Gasteiger partial charge in [0.1, 0.15) is 0 Å². The first-order valence-corrected chi connectivity index (χ1v) is 10.5. The molecule has 0 radical (unpaired) electrons. The molecule has 140 valence electrons. The van der Waals surface area contributed by atoms with E-state index < -0.39 is 0 Å². The third kappa shape index (κ3) is 5.56. The number of hydrogen-bond donors (Lipinski definition) is 0. The van der Waals surface area contributed by atoms with Gasteiger partial charge in [-0.25, -0.2) is 0 Å². The van der Waals surface area contributed by atoms with Gasteiger partial charge in [-0.3, -0.25) is 0 Å². The van der Waals surface area contributed by atoms with E-state index in [1.807, 2.05) is 0 Å². The van der Waals surface area contributed by atoms with Crippen molar-refractivity contribution in [3.63, 3.8) is 0 Å². The quantitative estimate of drug-likeness (QED) is 0.643. The highest BCUT2D eigenvalue weighted by Crippen LogP contribution is 2.36. The highest BCUT2D eigenvalue weighted by atomic mass is 16.5. The monoisotopic (exact) mass is 344 g/mol. The molecule has 2 heteroatoms. The molecule has 2 atom stereocenters. The van der Waals surface area contributed by atoms with E-state index in [0.717, 1.165) is 18.4 Å². The van der Waals surface area contributed by atoms with Crippen LogP contribution in [-0.2, 0) is 22.3 Å². The summed E-state index contributed by atoms with van der Waals surface area (Å²) in [7, 11) is 1.80. The summed E-state index contributed by atoms with van der Waals surface area (Å²) in [4.78, 5) is 0. The molecule has 0 amide bonds. The van der Waals surface area contributed by atoms with Crippen LogP contribution >= 0.6 is 0 Å². The fraction of sp³-hybridized carbons (Fsp3) is 0.739. The molecule has 0 aromatic heterocycles. The summed E-state index contributed by atoms with van der Waals surface area (Å²) in [6.45, 7) is 3.05. The van der Waals surface area contributed by atoms with E-state index in [-0.39, 0.29) is 0 Å². The second kappa shape index (κ2) is 9.73. The molecule has 1 aliphatic carbocycles. The van der Waals surface area contributed by atoms with Crippen molar-refractivity contribution in [2.75, 3.05) is 13.7 Å². The number of benzene rings is 1. The van der Waals surface area contributed by atoms with E-state index in [1.165, 1.54) is 75.3 Å². The Hall–Kier alpha value is -0.860. The molecular weight excluding hydrogens is 308 g/mol. The average Bonchev–Trinajstić information content (AvgIpc) is 2.68. The molecule has 1 aromatic rings. The maximum Gasteiger partial charge on any atom is 0.0805 e. The van der Waals surface area contributed by atoms with Crippen molar-refractivity contribution >= 4 is 0 Å². The Morgan fingerprint density at radius 2 is 1.60 bits per heavy atom. The summed E-state index contributed by atoms with van der Waals surface area (Å²) in [5.74, 6) is 1.71. The van der Waals surface area contributed by atoms with E-state index in [2.05, 4.69) is 31.2 Å². The molecule has 0 bridgehead atoms. The van der Waals surface area contributed by atoms with Crippen LogP contribution in [0.4, 0.5) is 0 Å². The van der Waals surface area contributed by atoms with Crippen LogP contribution in [0.1, 0.15) is 69.4 Å². The molecule has 1 saturated heterocycles. The molecule has 0 spiro atoms. The second-order valence-corrected chi connectivity index (χ2v) is 8.19. The van der Waals surface area contributed by atoms with Crippen molar-refractivity contribution in [2.24, 2.45) is 11.8 Å². The topological polar surface area (TPSA) is 18.5 Å². The Kier molecular flexibility index (Phi) is 7.36. The zero-order chi connectivity index (χ0) is 17.5. The van der Waals surface area contributed by atoms with Gasteiger partial charge in [0.2, 0.25) is 0 Å². The standard InChI is InChI=1S/C23H36O2/c1-3-4-18-5-7-19(8-6-18)9-10-20-11-13-21(14-12-20)23-16-15-22(24-2)17-25-23/h5-8,20-23H,3-4,9-17H2,1-2H3. The summed E-state index contributed by atoms with van der Waals surface area (Å²) in [5, 5.41) is 0. The Labute approximate surface area is 154 Å². The average molecular weight is 345 g/mol. The lowest BCUT2D eigenvalue weighted by atomic mass is 9.76. The van der Waals surface area contributed by atoms with Crippen LogP contribution < -0.4 is 0 Å². The minimum Gasteiger partial charge on any atom is -0.379 e. The lowest BCUT2D eigenvalue weighted by molar-refractivity contribution is -0.0972. The smallest absolute Gasteiger partial charge is 0.0805 e. The van der Waals surface area contributed by atoms with E-state index >= 15 is 0 Å². The molecule has 2 aliphatic rings. The maximum absolute atomic E-state index is 6.09. The van der Waals surface area contributed by atoms with Gasteiger partial charge in [0.05, 0.1) is 18.8 Å². The normalized spacial score (nSPS) is 30.3. The predicted molar refractivity (Wildman–Crippen MR) is 104 cm³/mol. The molecule has 1 aromatic carbocycles. The summed E-state index contributed by atoms with van der Waals surface area (Å²) in [6.07, 6.45) is 13.8. The zero-order valence-corrected chi connectivity index (χ0v) is 16.2. The van der Waals surface area contributed by atoms with E-state index in [9.17, 15) is 0 Å². The van der Waals surface area contributed by atoms with Crippen molar-refractivity contribution in [1.29, 1.82) is 0 Å². The van der Waals surface area contributed by atoms with E-state index in [1.54, 1.807) is 7.11 Å². The summed E-state index contributed by atoms with van der Waals surface area (Å²) < 4.78 is 11.5. The van der Waals surface area contributed by atoms with Crippen LogP contribution in [0.25, 0.3) is 0 Å². The molecule has 1 heterocycles. The molecule has 1 saturated carbocycles. The van der Waals surface area contributed by atoms with Crippen molar-refractivity contribution in [3.05, 3.63) is 35.4 Å². The largest absolute Gasteiger partial charge is 0.379 e. The second-order valence-electron chi connectivity index (χ2n) is 8.19. The van der Waals surface area contributed by atoms with Gasteiger partial charge in [-0.15, -0.1) is 0 Å². The molecular formula is C23H36O2. The van der Waals surface area contributed by atoms with Gasteiger partial charge in [0.25, 0.3) is 0 Å². The van der Waals surface area contributed by atoms with Crippen LogP contribution in [0, 0.1) is 11.8 Å². The Balaban J connectivity index is 1.36. The van der Waals surface area contributed by atoms with Crippen LogP contribution in [0.2, 0.25) is 0 Å². The fourth-order valence-corrected chi connectivity index (χ4v) is 4.69. The zero-order valence-electron chi connectivity index (χ0n) is 16.2. The van der Waals surface area contributed by atoms with Crippen molar-refractivity contribution in [1.82, 2.24) is 0 Å². The Bertz CT molecular complexity index is 479. The van der Waals surface area contributed by atoms with Crippen LogP contribution in [0.15, 0.2) is 24.3 Å². The molecule has 3 rings (SSSR count). The number of rotatable bonds is 7. The first kappa shape index (κ1) is 18.9. The third-order valence-corrected chi connectivity index (χ3v) is 6.42. The van der Waals surface area contributed by atoms with Gasteiger partial charge in [-0.1, -0.05) is 50.5 Å². The van der Waals surface area contributed by atoms with Gasteiger partial charge >= 0.3 is 0 Å². The first-order chi connectivity index (χ1) is 12.3. The predicted octanol–water partition coefficient (Wildman–Crippen LogP) is 5.57. The summed E-state index contributed by atoms with van der Waals surface area (Å²) in [6, 6.07) is 9.34. The van der Waals surface area contributed by atoms with Crippen LogP contribution in [0.3, 0.4) is 0 Å². The van der Waals surface area contributed by atoms with Gasteiger partial charge in [-0.2, -0.15) is 0 Å². The molecule has 2 fully saturated rings. The van der Waals surface area contributed by atoms with Crippen molar-refractivity contribution < 1.29 is 9.47 Å². The van der Waals surface area contributed by atoms with E-state index in [0.29, 0.717) is 12.2 Å². The van der Waals surface area contributed by atoms with Gasteiger partial charge < -0.3 is 9.47 Å². The lowest BCUT2D eigenvalue weighted by Gasteiger charge is -2.37. The Morgan fingerprint density at radius 3 is 2.16 bits per heavy atom. The van der Waals surface area contributed by atoms with Gasteiger partial charge in [0, 0.05) is 7.11 Å². The minimum atomic E-state index is 0.330. The van der Waals surface area contributed by atoms with Gasteiger partial charge in [0.15, 0.2) is 0 Å². The SMILES string of the molecule is CCCc1ccc(CCC2CCC(C3CCC(OC)CO3)CC2)cc1. The van der Waals surface area contributed by atoms with E-state index in [4.69, 9.17) is 9.47 Å². The maximum atomic E-state index is 6.09. The number of hydrogen-bond acceptors (Lipinski definition) is 2. The van der Waals surface area contributed by atoms with Crippen LogP contribution in [-0.4, -0.2) is 25.9 Å². The number of aryl methyl sites for hydroxylation is 2. The molecule has 1 aliphatic heterocycles. The summed E-state index contributed by atoms with van der Waals surface area (Å²) >= 11 is 0. The molecule has 2 unspecified atom stereocenters. The highest BCUT2D eigenvalue weighted by Gasteiger charge is 2.31. The number of methoxy groups -OCH3 is 1. The molecule has 25 heavy (non-hydrogen) atoms. The van der Waals surface area contributed by atoms with Crippen molar-refractivity contribution in [2.45, 2.75) is 83.3 Å². The fourth-order valence-electron chi connectivity index (χ4n) is 4.69. The highest BCUT2D eigenvalue weighted by molar-refractivity contribution is 5.22. The van der Waals surface area contributed by atoms with Crippen LogP contribution in [0.5, 0.6) is 0 Å². The number of ether oxygens (including phenoxy) is 2.